The molecule has 0 unspecified atom stereocenters. The van der Waals surface area contributed by atoms with E-state index < -0.39 is 0 Å². The largest absolute Gasteiger partial charge is 0.395 e. The third kappa shape index (κ3) is 4.70. The summed E-state index contributed by atoms with van der Waals surface area (Å²) in [5.74, 6) is -0.179. The van der Waals surface area contributed by atoms with Crippen LogP contribution in [0, 0.1) is 0 Å². The van der Waals surface area contributed by atoms with Crippen molar-refractivity contribution in [2.45, 2.75) is 25.8 Å². The zero-order valence-electron chi connectivity index (χ0n) is 12.8. The Labute approximate surface area is 130 Å². The van der Waals surface area contributed by atoms with Crippen LogP contribution in [0.3, 0.4) is 0 Å². The topological polar surface area (TPSA) is 69.6 Å². The first-order chi connectivity index (χ1) is 10.6. The fourth-order valence-electron chi connectivity index (χ4n) is 2.06. The van der Waals surface area contributed by atoms with Gasteiger partial charge in [0.1, 0.15) is 0 Å². The fourth-order valence-corrected chi connectivity index (χ4v) is 2.06. The molecule has 118 valence electrons. The van der Waals surface area contributed by atoms with Crippen molar-refractivity contribution in [3.63, 3.8) is 0 Å². The molecule has 0 heterocycles. The van der Waals surface area contributed by atoms with E-state index >= 15 is 0 Å². The van der Waals surface area contributed by atoms with Gasteiger partial charge in [0.2, 0.25) is 5.91 Å². The normalized spacial score (nSPS) is 14.1. The van der Waals surface area contributed by atoms with Crippen LogP contribution in [0.5, 0.6) is 0 Å². The molecule has 0 spiro atoms. The molecule has 2 N–H and O–H groups in total. The minimum absolute atomic E-state index is 0.0434. The maximum absolute atomic E-state index is 11.9. The van der Waals surface area contributed by atoms with E-state index in [0.717, 1.165) is 18.4 Å². The van der Waals surface area contributed by atoms with Gasteiger partial charge in [-0.05, 0) is 43.5 Å². The van der Waals surface area contributed by atoms with E-state index in [-0.39, 0.29) is 18.4 Å². The summed E-state index contributed by atoms with van der Waals surface area (Å²) in [5.41, 5.74) is 1.49. The average Bonchev–Trinajstić information content (AvgIpc) is 3.34. The molecule has 0 radical (unpaired) electrons. The maximum Gasteiger partial charge on any atom is 0.251 e. The number of benzene rings is 1. The Bertz CT molecular complexity index is 548. The Hall–Kier alpha value is -2.14. The Morgan fingerprint density at radius 1 is 1.32 bits per heavy atom. The number of amides is 2. The number of hydrogen-bond donors (Lipinski definition) is 2. The van der Waals surface area contributed by atoms with Gasteiger partial charge in [0, 0.05) is 30.8 Å². The van der Waals surface area contributed by atoms with Crippen LogP contribution >= 0.6 is 0 Å². The van der Waals surface area contributed by atoms with Crippen molar-refractivity contribution in [1.82, 2.24) is 10.2 Å². The number of likely N-dealkylation sites (N-methyl/N-ethyl adjacent to an activating group) is 1. The maximum atomic E-state index is 11.9. The SMILES string of the molecule is CCN(CCO)C(=O)/C=C/c1ccc(C(=O)NC2CC2)cc1. The molecule has 0 aliphatic heterocycles. The van der Waals surface area contributed by atoms with Gasteiger partial charge in [0.05, 0.1) is 6.61 Å². The molecule has 1 aliphatic carbocycles. The molecule has 22 heavy (non-hydrogen) atoms. The van der Waals surface area contributed by atoms with Crippen molar-refractivity contribution in [2.75, 3.05) is 19.7 Å². The van der Waals surface area contributed by atoms with Crippen LogP contribution in [0.2, 0.25) is 0 Å². The second-order valence-electron chi connectivity index (χ2n) is 5.34. The molecule has 1 aromatic carbocycles. The van der Waals surface area contributed by atoms with Crippen LogP contribution in [-0.2, 0) is 4.79 Å². The van der Waals surface area contributed by atoms with E-state index in [9.17, 15) is 9.59 Å². The zero-order chi connectivity index (χ0) is 15.9. The van der Waals surface area contributed by atoms with E-state index in [4.69, 9.17) is 5.11 Å². The molecule has 1 saturated carbocycles. The molecule has 1 aromatic rings. The van der Waals surface area contributed by atoms with Gasteiger partial charge in [-0.3, -0.25) is 9.59 Å². The highest BCUT2D eigenvalue weighted by Gasteiger charge is 2.23. The van der Waals surface area contributed by atoms with E-state index in [2.05, 4.69) is 5.32 Å². The predicted octanol–water partition coefficient (Wildman–Crippen LogP) is 1.43. The summed E-state index contributed by atoms with van der Waals surface area (Å²) >= 11 is 0. The van der Waals surface area contributed by atoms with Crippen LogP contribution in [0.1, 0.15) is 35.7 Å². The summed E-state index contributed by atoms with van der Waals surface area (Å²) in [7, 11) is 0. The second kappa shape index (κ2) is 7.75. The molecule has 1 fully saturated rings. The lowest BCUT2D eigenvalue weighted by Gasteiger charge is -2.17. The average molecular weight is 302 g/mol. The molecule has 1 aliphatic rings. The van der Waals surface area contributed by atoms with Crippen molar-refractivity contribution in [2.24, 2.45) is 0 Å². The Morgan fingerprint density at radius 2 is 2.00 bits per heavy atom. The van der Waals surface area contributed by atoms with Gasteiger partial charge in [-0.2, -0.15) is 0 Å². The van der Waals surface area contributed by atoms with Gasteiger partial charge in [-0.1, -0.05) is 12.1 Å². The summed E-state index contributed by atoms with van der Waals surface area (Å²) in [6.45, 7) is 2.72. The molecule has 0 atom stereocenters. The zero-order valence-corrected chi connectivity index (χ0v) is 12.8. The number of aliphatic hydroxyl groups is 1. The van der Waals surface area contributed by atoms with E-state index in [1.54, 1.807) is 23.1 Å². The monoisotopic (exact) mass is 302 g/mol. The van der Waals surface area contributed by atoms with Gasteiger partial charge in [0.25, 0.3) is 5.91 Å². The van der Waals surface area contributed by atoms with Crippen molar-refractivity contribution in [3.8, 4) is 0 Å². The lowest BCUT2D eigenvalue weighted by molar-refractivity contribution is -0.126. The lowest BCUT2D eigenvalue weighted by atomic mass is 10.1. The Kier molecular flexibility index (Phi) is 5.72. The highest BCUT2D eigenvalue weighted by atomic mass is 16.3. The number of hydrogen-bond acceptors (Lipinski definition) is 3. The predicted molar refractivity (Wildman–Crippen MR) is 85.3 cm³/mol. The highest BCUT2D eigenvalue weighted by molar-refractivity contribution is 5.95. The van der Waals surface area contributed by atoms with Gasteiger partial charge in [-0.25, -0.2) is 0 Å². The van der Waals surface area contributed by atoms with Crippen molar-refractivity contribution < 1.29 is 14.7 Å². The molecule has 0 bridgehead atoms. The molecule has 2 amide bonds. The van der Waals surface area contributed by atoms with Crippen molar-refractivity contribution >= 4 is 17.9 Å². The molecule has 0 saturated heterocycles. The van der Waals surface area contributed by atoms with Gasteiger partial charge < -0.3 is 15.3 Å². The van der Waals surface area contributed by atoms with Crippen LogP contribution in [0.25, 0.3) is 6.08 Å². The molecule has 2 rings (SSSR count). The summed E-state index contributed by atoms with van der Waals surface area (Å²) in [6, 6.07) is 7.48. The van der Waals surface area contributed by atoms with Crippen LogP contribution in [-0.4, -0.2) is 47.6 Å². The minimum Gasteiger partial charge on any atom is -0.395 e. The van der Waals surface area contributed by atoms with Gasteiger partial charge >= 0.3 is 0 Å². The number of nitrogens with zero attached hydrogens (tertiary/aromatic N) is 1. The third-order valence-corrected chi connectivity index (χ3v) is 3.57. The summed E-state index contributed by atoms with van der Waals surface area (Å²) in [6.07, 6.45) is 5.33. The summed E-state index contributed by atoms with van der Waals surface area (Å²) in [4.78, 5) is 25.3. The number of aliphatic hydroxyl groups excluding tert-OH is 1. The van der Waals surface area contributed by atoms with E-state index in [1.807, 2.05) is 19.1 Å². The number of carbonyl (C=O) groups excluding carboxylic acids is 2. The molecule has 5 nitrogen and oxygen atoms in total. The quantitative estimate of drug-likeness (QED) is 0.749. The van der Waals surface area contributed by atoms with Crippen molar-refractivity contribution in [1.29, 1.82) is 0 Å². The first-order valence-electron chi connectivity index (χ1n) is 7.62. The van der Waals surface area contributed by atoms with Crippen LogP contribution in [0.4, 0.5) is 0 Å². The number of nitrogens with one attached hydrogen (secondary N) is 1. The number of rotatable bonds is 7. The molecule has 5 heteroatoms. The fraction of sp³-hybridized carbons (Fsp3) is 0.412. The van der Waals surface area contributed by atoms with Crippen molar-refractivity contribution in [3.05, 3.63) is 41.5 Å². The van der Waals surface area contributed by atoms with E-state index in [0.29, 0.717) is 24.7 Å². The minimum atomic E-state index is -0.132. The first-order valence-corrected chi connectivity index (χ1v) is 7.62. The number of carbonyl (C=O) groups is 2. The first kappa shape index (κ1) is 16.2. The lowest BCUT2D eigenvalue weighted by Crippen LogP contribution is -2.31. The molecular formula is C17H22N2O3. The van der Waals surface area contributed by atoms with E-state index in [1.165, 1.54) is 6.08 Å². The summed E-state index contributed by atoms with van der Waals surface area (Å²) in [5, 5.41) is 11.8. The Balaban J connectivity index is 1.93. The smallest absolute Gasteiger partial charge is 0.251 e. The van der Waals surface area contributed by atoms with Crippen LogP contribution < -0.4 is 5.32 Å². The van der Waals surface area contributed by atoms with Gasteiger partial charge in [-0.15, -0.1) is 0 Å². The highest BCUT2D eigenvalue weighted by Crippen LogP contribution is 2.19. The second-order valence-corrected chi connectivity index (χ2v) is 5.34. The van der Waals surface area contributed by atoms with Crippen LogP contribution in [0.15, 0.2) is 30.3 Å². The standard InChI is InChI=1S/C17H22N2O3/c1-2-19(11-12-20)16(21)10-5-13-3-6-14(7-4-13)17(22)18-15-8-9-15/h3-7,10,15,20H,2,8-9,11-12H2,1H3,(H,18,22)/b10-5+. The third-order valence-electron chi connectivity index (χ3n) is 3.57. The molecular weight excluding hydrogens is 280 g/mol. The Morgan fingerprint density at radius 3 is 2.55 bits per heavy atom. The summed E-state index contributed by atoms with van der Waals surface area (Å²) < 4.78 is 0. The van der Waals surface area contributed by atoms with Gasteiger partial charge in [0.15, 0.2) is 0 Å². The molecule has 0 aromatic heterocycles.